The molecule has 0 aliphatic carbocycles. The van der Waals surface area contributed by atoms with Gasteiger partial charge in [-0.1, -0.05) is 42.5 Å². The molecule has 3 rings (SSSR count). The molecule has 3 N–H and O–H groups in total. The Morgan fingerprint density at radius 3 is 2.41 bits per heavy atom. The molecule has 1 heterocycles. The Hall–Kier alpha value is -3.89. The molecule has 2 aromatic carbocycles. The predicted octanol–water partition coefficient (Wildman–Crippen LogP) is 1.86. The monoisotopic (exact) mass is 477 g/mol. The second-order valence-corrected chi connectivity index (χ2v) is 7.75. The lowest BCUT2D eigenvalue weighted by Gasteiger charge is -2.26. The summed E-state index contributed by atoms with van der Waals surface area (Å²) < 4.78 is 41.4. The predicted molar refractivity (Wildman–Crippen MR) is 113 cm³/mol. The van der Waals surface area contributed by atoms with Gasteiger partial charge in [0.15, 0.2) is 0 Å². The lowest BCUT2D eigenvalue weighted by molar-refractivity contribution is -0.274. The Morgan fingerprint density at radius 2 is 1.76 bits per heavy atom. The number of rotatable bonds is 9. The number of halogens is 3. The lowest BCUT2D eigenvalue weighted by Crippen LogP contribution is -2.53. The third kappa shape index (κ3) is 6.56. The van der Waals surface area contributed by atoms with Crippen molar-refractivity contribution in [2.24, 2.45) is 5.73 Å². The van der Waals surface area contributed by atoms with Gasteiger partial charge in [-0.25, -0.2) is 0 Å². The van der Waals surface area contributed by atoms with E-state index in [1.54, 1.807) is 30.3 Å². The van der Waals surface area contributed by atoms with Gasteiger partial charge >= 0.3 is 6.36 Å². The van der Waals surface area contributed by atoms with Crippen LogP contribution in [-0.2, 0) is 32.1 Å². The molecule has 34 heavy (non-hydrogen) atoms. The molecule has 1 aliphatic rings. The number of benzene rings is 2. The van der Waals surface area contributed by atoms with Crippen molar-refractivity contribution >= 4 is 23.5 Å². The summed E-state index contributed by atoms with van der Waals surface area (Å²) in [6.45, 7) is -0.140. The maximum absolute atomic E-state index is 13.0. The van der Waals surface area contributed by atoms with Crippen LogP contribution >= 0.6 is 0 Å². The van der Waals surface area contributed by atoms with Crippen LogP contribution in [0.4, 0.5) is 13.2 Å². The zero-order chi connectivity index (χ0) is 24.9. The second-order valence-electron chi connectivity index (χ2n) is 7.75. The minimum absolute atomic E-state index is 0.0197. The average Bonchev–Trinajstić information content (AvgIpc) is 3.12. The number of ether oxygens (including phenoxy) is 1. The summed E-state index contributed by atoms with van der Waals surface area (Å²) in [5.41, 5.74) is 6.14. The van der Waals surface area contributed by atoms with Gasteiger partial charge in [0.25, 0.3) is 5.91 Å². The van der Waals surface area contributed by atoms with Crippen LogP contribution < -0.4 is 15.8 Å². The molecule has 2 atom stereocenters. The van der Waals surface area contributed by atoms with E-state index in [2.05, 4.69) is 10.1 Å². The molecule has 11 heteroatoms. The van der Waals surface area contributed by atoms with E-state index < -0.39 is 41.8 Å². The van der Waals surface area contributed by atoms with Gasteiger partial charge in [-0.05, 0) is 29.7 Å². The molecule has 0 aromatic heterocycles. The molecular formula is C23H22F3N3O5. The number of Topliss-reactive ketones (excluding diaryl/α,β-unsaturated/α-hetero) is 1. The Bertz CT molecular complexity index is 1080. The van der Waals surface area contributed by atoms with E-state index in [0.717, 1.165) is 12.1 Å². The number of nitrogens with one attached hydrogen (secondary N) is 1. The van der Waals surface area contributed by atoms with Crippen molar-refractivity contribution in [3.8, 4) is 5.75 Å². The molecule has 0 bridgehead atoms. The van der Waals surface area contributed by atoms with Gasteiger partial charge < -0.3 is 20.7 Å². The minimum atomic E-state index is -4.87. The quantitative estimate of drug-likeness (QED) is 0.535. The number of carbonyl (C=O) groups excluding carboxylic acids is 4. The Labute approximate surface area is 192 Å². The van der Waals surface area contributed by atoms with Gasteiger partial charge in [0.2, 0.25) is 17.6 Å². The van der Waals surface area contributed by atoms with Crippen molar-refractivity contribution in [3.05, 3.63) is 65.7 Å². The van der Waals surface area contributed by atoms with E-state index in [1.807, 2.05) is 0 Å². The first-order chi connectivity index (χ1) is 16.0. The summed E-state index contributed by atoms with van der Waals surface area (Å²) in [4.78, 5) is 50.4. The largest absolute Gasteiger partial charge is 0.573 e. The molecule has 8 nitrogen and oxygen atoms in total. The first-order valence-corrected chi connectivity index (χ1v) is 10.4. The van der Waals surface area contributed by atoms with Crippen LogP contribution in [0, 0.1) is 0 Å². The molecule has 180 valence electrons. The smallest absolute Gasteiger partial charge is 0.406 e. The molecule has 0 saturated carbocycles. The average molecular weight is 477 g/mol. The van der Waals surface area contributed by atoms with Crippen molar-refractivity contribution < 1.29 is 37.1 Å². The second kappa shape index (κ2) is 10.4. The number of likely N-dealkylation sites (tertiary alicyclic amines) is 1. The number of amides is 3. The number of hydrogen-bond donors (Lipinski definition) is 2. The van der Waals surface area contributed by atoms with Crippen LogP contribution in [0.1, 0.15) is 24.0 Å². The van der Waals surface area contributed by atoms with Gasteiger partial charge in [0, 0.05) is 19.4 Å². The SMILES string of the molecule is NC(=O)C(=O)C(Cc1ccccc1)NC(=O)C1CCC(=O)N1Cc1cccc(OC(F)(F)F)c1. The van der Waals surface area contributed by atoms with Crippen molar-refractivity contribution in [1.29, 1.82) is 0 Å². The van der Waals surface area contributed by atoms with Crippen LogP contribution in [0.25, 0.3) is 0 Å². The number of nitrogens with zero attached hydrogens (tertiary/aromatic N) is 1. The maximum atomic E-state index is 13.0. The number of alkyl halides is 3. The summed E-state index contributed by atoms with van der Waals surface area (Å²) in [5, 5.41) is 2.51. The fraction of sp³-hybridized carbons (Fsp3) is 0.304. The highest BCUT2D eigenvalue weighted by atomic mass is 19.4. The highest BCUT2D eigenvalue weighted by Gasteiger charge is 2.38. The molecule has 0 spiro atoms. The van der Waals surface area contributed by atoms with Crippen molar-refractivity contribution in [2.75, 3.05) is 0 Å². The van der Waals surface area contributed by atoms with Gasteiger partial charge in [-0.15, -0.1) is 13.2 Å². The van der Waals surface area contributed by atoms with Crippen LogP contribution in [0.2, 0.25) is 0 Å². The molecule has 2 unspecified atom stereocenters. The van der Waals surface area contributed by atoms with Crippen LogP contribution in [0.5, 0.6) is 5.75 Å². The topological polar surface area (TPSA) is 119 Å². The minimum Gasteiger partial charge on any atom is -0.406 e. The van der Waals surface area contributed by atoms with Gasteiger partial charge in [0.05, 0.1) is 0 Å². The lowest BCUT2D eigenvalue weighted by atomic mass is 10.0. The molecule has 1 saturated heterocycles. The molecule has 3 amide bonds. The number of primary amides is 1. The van der Waals surface area contributed by atoms with E-state index in [4.69, 9.17) is 5.73 Å². The van der Waals surface area contributed by atoms with E-state index in [9.17, 15) is 32.3 Å². The number of hydrogen-bond acceptors (Lipinski definition) is 5. The normalized spacial score (nSPS) is 16.7. The summed E-state index contributed by atoms with van der Waals surface area (Å²) in [5.74, 6) is -3.67. The van der Waals surface area contributed by atoms with E-state index in [0.29, 0.717) is 11.1 Å². The van der Waals surface area contributed by atoms with Crippen LogP contribution in [0.15, 0.2) is 54.6 Å². The van der Waals surface area contributed by atoms with Gasteiger partial charge in [0.1, 0.15) is 17.8 Å². The summed E-state index contributed by atoms with van der Waals surface area (Å²) in [7, 11) is 0. The van der Waals surface area contributed by atoms with Gasteiger partial charge in [-0.2, -0.15) is 0 Å². The number of ketones is 1. The number of carbonyl (C=O) groups is 4. The number of nitrogens with two attached hydrogens (primary N) is 1. The fourth-order valence-electron chi connectivity index (χ4n) is 3.74. The first kappa shape index (κ1) is 24.7. The van der Waals surface area contributed by atoms with Crippen molar-refractivity contribution in [3.63, 3.8) is 0 Å². The zero-order valence-corrected chi connectivity index (χ0v) is 17.9. The summed E-state index contributed by atoms with van der Waals surface area (Å²) in [6, 6.07) is 11.6. The van der Waals surface area contributed by atoms with E-state index >= 15 is 0 Å². The highest BCUT2D eigenvalue weighted by molar-refractivity contribution is 6.38. The maximum Gasteiger partial charge on any atom is 0.573 e. The molecule has 0 radical (unpaired) electrons. The Kier molecular flexibility index (Phi) is 7.54. The van der Waals surface area contributed by atoms with Gasteiger partial charge in [-0.3, -0.25) is 19.2 Å². The van der Waals surface area contributed by atoms with Crippen molar-refractivity contribution in [2.45, 2.75) is 44.3 Å². The molecular weight excluding hydrogens is 455 g/mol. The van der Waals surface area contributed by atoms with E-state index in [-0.39, 0.29) is 31.7 Å². The molecule has 1 fully saturated rings. The van der Waals surface area contributed by atoms with E-state index in [1.165, 1.54) is 17.0 Å². The summed E-state index contributed by atoms with van der Waals surface area (Å²) in [6.07, 6.45) is -4.66. The fourth-order valence-corrected chi connectivity index (χ4v) is 3.74. The zero-order valence-electron chi connectivity index (χ0n) is 17.9. The van der Waals surface area contributed by atoms with Crippen LogP contribution in [0.3, 0.4) is 0 Å². The highest BCUT2D eigenvalue weighted by Crippen LogP contribution is 2.26. The molecule has 1 aliphatic heterocycles. The standard InChI is InChI=1S/C23H22F3N3O5/c24-23(25,26)34-16-8-4-7-15(11-16)13-29-18(9-10-19(29)30)22(33)28-17(20(31)21(27)32)12-14-5-2-1-3-6-14/h1-8,11,17-18H,9-10,12-13H2,(H2,27,32)(H,28,33). The Balaban J connectivity index is 1.74. The van der Waals surface area contributed by atoms with Crippen LogP contribution in [-0.4, -0.2) is 46.9 Å². The third-order valence-electron chi connectivity index (χ3n) is 5.27. The first-order valence-electron chi connectivity index (χ1n) is 10.4. The summed E-state index contributed by atoms with van der Waals surface area (Å²) >= 11 is 0. The third-order valence-corrected chi connectivity index (χ3v) is 5.27. The molecule has 2 aromatic rings. The Morgan fingerprint density at radius 1 is 1.09 bits per heavy atom. The van der Waals surface area contributed by atoms with Crippen molar-refractivity contribution in [1.82, 2.24) is 10.2 Å².